The maximum Gasteiger partial charge on any atom is 0.379 e. The van der Waals surface area contributed by atoms with Crippen molar-refractivity contribution in [2.24, 2.45) is 5.92 Å². The SMILES string of the molecule is CCOC(=O)C(=O)c1ccc2c(c1)C[C@@H](C)C2. The summed E-state index contributed by atoms with van der Waals surface area (Å²) in [6, 6.07) is 5.50. The number of ether oxygens (including phenoxy) is 1. The molecule has 0 radical (unpaired) electrons. The van der Waals surface area contributed by atoms with E-state index in [1.807, 2.05) is 12.1 Å². The van der Waals surface area contributed by atoms with E-state index in [2.05, 4.69) is 6.92 Å². The topological polar surface area (TPSA) is 43.4 Å². The van der Waals surface area contributed by atoms with Crippen LogP contribution in [0.2, 0.25) is 0 Å². The highest BCUT2D eigenvalue weighted by molar-refractivity contribution is 6.40. The molecule has 0 bridgehead atoms. The number of carbonyl (C=O) groups is 2. The van der Waals surface area contributed by atoms with Crippen molar-refractivity contribution in [1.82, 2.24) is 0 Å². The molecule has 2 rings (SSSR count). The lowest BCUT2D eigenvalue weighted by Gasteiger charge is -2.03. The number of hydrogen-bond acceptors (Lipinski definition) is 3. The van der Waals surface area contributed by atoms with Gasteiger partial charge >= 0.3 is 5.97 Å². The van der Waals surface area contributed by atoms with Crippen LogP contribution in [-0.2, 0) is 22.4 Å². The fraction of sp³-hybridized carbons (Fsp3) is 0.429. The second-order valence-electron chi connectivity index (χ2n) is 4.55. The predicted molar refractivity (Wildman–Crippen MR) is 64.0 cm³/mol. The lowest BCUT2D eigenvalue weighted by Crippen LogP contribution is -2.17. The molecule has 0 amide bonds. The summed E-state index contributed by atoms with van der Waals surface area (Å²) in [7, 11) is 0. The predicted octanol–water partition coefficient (Wildman–Crippen LogP) is 2.17. The maximum atomic E-state index is 11.7. The van der Waals surface area contributed by atoms with E-state index >= 15 is 0 Å². The molecular formula is C14H16O3. The molecule has 0 spiro atoms. The molecule has 0 aliphatic heterocycles. The number of carbonyl (C=O) groups excluding carboxylic acids is 2. The third kappa shape index (κ3) is 2.38. The third-order valence-corrected chi connectivity index (χ3v) is 3.07. The van der Waals surface area contributed by atoms with Gasteiger partial charge in [0.05, 0.1) is 6.61 Å². The van der Waals surface area contributed by atoms with E-state index in [9.17, 15) is 9.59 Å². The Hall–Kier alpha value is -1.64. The number of ketones is 1. The van der Waals surface area contributed by atoms with Gasteiger partial charge in [0.15, 0.2) is 0 Å². The fourth-order valence-electron chi connectivity index (χ4n) is 2.29. The van der Waals surface area contributed by atoms with Crippen molar-refractivity contribution in [3.05, 3.63) is 34.9 Å². The number of Topliss-reactive ketones (excluding diaryl/α,β-unsaturated/α-hetero) is 1. The number of rotatable bonds is 3. The molecule has 0 unspecified atom stereocenters. The van der Waals surface area contributed by atoms with Gasteiger partial charge in [-0.25, -0.2) is 4.79 Å². The monoisotopic (exact) mass is 232 g/mol. The smallest absolute Gasteiger partial charge is 0.379 e. The zero-order chi connectivity index (χ0) is 12.4. The highest BCUT2D eigenvalue weighted by Gasteiger charge is 2.22. The zero-order valence-electron chi connectivity index (χ0n) is 10.2. The summed E-state index contributed by atoms with van der Waals surface area (Å²) in [6.45, 7) is 4.11. The lowest BCUT2D eigenvalue weighted by atomic mass is 10.0. The quantitative estimate of drug-likeness (QED) is 0.455. The van der Waals surface area contributed by atoms with Crippen molar-refractivity contribution in [3.8, 4) is 0 Å². The second-order valence-corrected chi connectivity index (χ2v) is 4.55. The van der Waals surface area contributed by atoms with Crippen molar-refractivity contribution >= 4 is 11.8 Å². The Balaban J connectivity index is 2.21. The van der Waals surface area contributed by atoms with Crippen LogP contribution >= 0.6 is 0 Å². The van der Waals surface area contributed by atoms with Crippen LogP contribution in [0, 0.1) is 5.92 Å². The largest absolute Gasteiger partial charge is 0.460 e. The molecule has 0 saturated carbocycles. The molecule has 1 atom stereocenters. The Kier molecular flexibility index (Phi) is 3.27. The molecule has 90 valence electrons. The molecule has 1 aliphatic rings. The number of benzene rings is 1. The minimum absolute atomic E-state index is 0.229. The van der Waals surface area contributed by atoms with Crippen molar-refractivity contribution in [1.29, 1.82) is 0 Å². The van der Waals surface area contributed by atoms with Crippen LogP contribution in [0.5, 0.6) is 0 Å². The van der Waals surface area contributed by atoms with Crippen LogP contribution in [-0.4, -0.2) is 18.4 Å². The standard InChI is InChI=1S/C14H16O3/c1-3-17-14(16)13(15)11-5-4-10-6-9(2)7-12(10)8-11/h4-5,8-9H,3,6-7H2,1-2H3/t9-/m0/s1. The average molecular weight is 232 g/mol. The van der Waals surface area contributed by atoms with Crippen molar-refractivity contribution in [2.45, 2.75) is 26.7 Å². The van der Waals surface area contributed by atoms with Gasteiger partial charge in [0, 0.05) is 5.56 Å². The molecule has 3 heteroatoms. The van der Waals surface area contributed by atoms with Crippen molar-refractivity contribution < 1.29 is 14.3 Å². The Morgan fingerprint density at radius 2 is 2.00 bits per heavy atom. The van der Waals surface area contributed by atoms with Gasteiger partial charge in [-0.3, -0.25) is 4.79 Å². The first-order chi connectivity index (χ1) is 8.11. The zero-order valence-corrected chi connectivity index (χ0v) is 10.2. The molecule has 0 heterocycles. The first kappa shape index (κ1) is 11.8. The van der Waals surface area contributed by atoms with Crippen molar-refractivity contribution in [3.63, 3.8) is 0 Å². The molecule has 1 aromatic carbocycles. The van der Waals surface area contributed by atoms with E-state index in [1.54, 1.807) is 13.0 Å². The minimum Gasteiger partial charge on any atom is -0.460 e. The molecule has 0 fully saturated rings. The normalized spacial score (nSPS) is 17.6. The summed E-state index contributed by atoms with van der Waals surface area (Å²) in [5, 5.41) is 0. The van der Waals surface area contributed by atoms with E-state index in [0.717, 1.165) is 12.8 Å². The maximum absolute atomic E-state index is 11.7. The van der Waals surface area contributed by atoms with Gasteiger partial charge in [0.1, 0.15) is 0 Å². The second kappa shape index (κ2) is 4.70. The highest BCUT2D eigenvalue weighted by Crippen LogP contribution is 2.27. The number of fused-ring (bicyclic) bond motifs is 1. The van der Waals surface area contributed by atoms with Gasteiger partial charge in [-0.2, -0.15) is 0 Å². The van der Waals surface area contributed by atoms with E-state index in [4.69, 9.17) is 4.74 Å². The van der Waals surface area contributed by atoms with E-state index in [1.165, 1.54) is 11.1 Å². The Bertz CT molecular complexity index is 463. The van der Waals surface area contributed by atoms with Gasteiger partial charge in [-0.1, -0.05) is 19.1 Å². The van der Waals surface area contributed by atoms with Gasteiger partial charge in [-0.05, 0) is 42.9 Å². The number of hydrogen-bond donors (Lipinski definition) is 0. The molecule has 0 aromatic heterocycles. The minimum atomic E-state index is -0.765. The van der Waals surface area contributed by atoms with Crippen LogP contribution in [0.3, 0.4) is 0 Å². The molecule has 0 saturated heterocycles. The molecule has 1 aliphatic carbocycles. The van der Waals surface area contributed by atoms with E-state index in [-0.39, 0.29) is 6.61 Å². The number of esters is 1. The first-order valence-corrected chi connectivity index (χ1v) is 5.95. The van der Waals surface area contributed by atoms with E-state index < -0.39 is 11.8 Å². The van der Waals surface area contributed by atoms with Gasteiger partial charge in [0.25, 0.3) is 5.78 Å². The molecular weight excluding hydrogens is 216 g/mol. The summed E-state index contributed by atoms with van der Waals surface area (Å²) in [5.74, 6) is -0.689. The van der Waals surface area contributed by atoms with E-state index in [0.29, 0.717) is 11.5 Å². The summed E-state index contributed by atoms with van der Waals surface area (Å²) in [5.41, 5.74) is 2.92. The Morgan fingerprint density at radius 3 is 2.71 bits per heavy atom. The molecule has 1 aromatic rings. The summed E-state index contributed by atoms with van der Waals surface area (Å²) in [6.07, 6.45) is 2.04. The van der Waals surface area contributed by atoms with Crippen molar-refractivity contribution in [2.75, 3.05) is 6.61 Å². The molecule has 0 N–H and O–H groups in total. The van der Waals surface area contributed by atoms with Gasteiger partial charge < -0.3 is 4.74 Å². The molecule has 17 heavy (non-hydrogen) atoms. The highest BCUT2D eigenvalue weighted by atomic mass is 16.5. The summed E-state index contributed by atoms with van der Waals surface area (Å²) in [4.78, 5) is 23.1. The van der Waals surface area contributed by atoms with Crippen LogP contribution in [0.15, 0.2) is 18.2 Å². The van der Waals surface area contributed by atoms with Crippen LogP contribution < -0.4 is 0 Å². The van der Waals surface area contributed by atoms with Crippen LogP contribution in [0.1, 0.15) is 35.3 Å². The van der Waals surface area contributed by atoms with Gasteiger partial charge in [-0.15, -0.1) is 0 Å². The van der Waals surface area contributed by atoms with Gasteiger partial charge in [0.2, 0.25) is 0 Å². The van der Waals surface area contributed by atoms with Crippen LogP contribution in [0.4, 0.5) is 0 Å². The average Bonchev–Trinajstić information content (AvgIpc) is 2.67. The Labute approximate surface area is 101 Å². The first-order valence-electron chi connectivity index (χ1n) is 5.95. The Morgan fingerprint density at radius 1 is 1.29 bits per heavy atom. The third-order valence-electron chi connectivity index (χ3n) is 3.07. The molecule has 3 nitrogen and oxygen atoms in total. The fourth-order valence-corrected chi connectivity index (χ4v) is 2.29. The summed E-state index contributed by atoms with van der Waals surface area (Å²) < 4.78 is 4.71. The van der Waals surface area contributed by atoms with Crippen LogP contribution in [0.25, 0.3) is 0 Å². The summed E-state index contributed by atoms with van der Waals surface area (Å²) >= 11 is 0. The lowest BCUT2D eigenvalue weighted by molar-refractivity contribution is -0.137.